The molecule has 1 aliphatic rings. The molecule has 0 saturated carbocycles. The van der Waals surface area contributed by atoms with Gasteiger partial charge in [0.25, 0.3) is 0 Å². The van der Waals surface area contributed by atoms with Crippen LogP contribution in [0, 0.1) is 0 Å². The number of ether oxygens (including phenoxy) is 5. The van der Waals surface area contributed by atoms with E-state index in [1.165, 1.54) is 15.6 Å². The molecule has 0 spiro atoms. The van der Waals surface area contributed by atoms with Gasteiger partial charge in [0, 0.05) is 7.11 Å². The monoisotopic (exact) mass is 692 g/mol. The molecule has 1 fully saturated rings. The Balaban J connectivity index is 1.41. The van der Waals surface area contributed by atoms with Crippen molar-refractivity contribution in [3.8, 4) is 0 Å². The highest BCUT2D eigenvalue weighted by Gasteiger charge is 2.59. The number of methoxy groups -OCH3 is 1. The van der Waals surface area contributed by atoms with Gasteiger partial charge in [0.05, 0.1) is 25.5 Å². The molecule has 0 amide bonds. The number of hydrogen-bond donors (Lipinski definition) is 0. The second kappa shape index (κ2) is 17.0. The van der Waals surface area contributed by atoms with Crippen LogP contribution < -0.4 is 15.6 Å². The van der Waals surface area contributed by atoms with Crippen LogP contribution in [-0.2, 0) is 43.5 Å². The number of benzene rings is 6. The zero-order valence-corrected chi connectivity index (χ0v) is 29.9. The Labute approximate surface area is 302 Å². The maximum absolute atomic E-state index is 7.36. The summed E-state index contributed by atoms with van der Waals surface area (Å²) in [4.78, 5) is 0. The van der Waals surface area contributed by atoms with Gasteiger partial charge in [-0.25, -0.2) is 0 Å². The van der Waals surface area contributed by atoms with E-state index < -0.39 is 38.4 Å². The van der Waals surface area contributed by atoms with Gasteiger partial charge < -0.3 is 23.7 Å². The second-order valence-corrected chi connectivity index (χ2v) is 16.8. The van der Waals surface area contributed by atoms with E-state index in [0.717, 1.165) is 16.7 Å². The van der Waals surface area contributed by atoms with Crippen LogP contribution in [-0.4, -0.2) is 45.5 Å². The van der Waals surface area contributed by atoms with Crippen LogP contribution in [0.1, 0.15) is 16.7 Å². The topological polar surface area (TPSA) is 46.2 Å². The van der Waals surface area contributed by atoms with Crippen LogP contribution >= 0.6 is 0 Å². The third kappa shape index (κ3) is 7.82. The van der Waals surface area contributed by atoms with Crippen molar-refractivity contribution in [3.05, 3.63) is 199 Å². The smallest absolute Gasteiger partial charge is 0.186 e. The minimum atomic E-state index is -3.11. The van der Waals surface area contributed by atoms with Gasteiger partial charge in [-0.3, -0.25) is 0 Å². The summed E-state index contributed by atoms with van der Waals surface area (Å²) in [5, 5.41) is 3.63. The third-order valence-electron chi connectivity index (χ3n) is 9.70. The molecule has 6 heteroatoms. The Hall–Kier alpha value is -4.66. The van der Waals surface area contributed by atoms with E-state index in [2.05, 4.69) is 127 Å². The highest BCUT2D eigenvalue weighted by Crippen LogP contribution is 2.35. The van der Waals surface area contributed by atoms with E-state index in [9.17, 15) is 0 Å². The molecule has 0 unspecified atom stereocenters. The summed E-state index contributed by atoms with van der Waals surface area (Å²) in [7, 11) is -1.42. The molecule has 0 bridgehead atoms. The molecule has 0 aliphatic carbocycles. The summed E-state index contributed by atoms with van der Waals surface area (Å²) in [6.07, 6.45) is -2.43. The summed E-state index contributed by atoms with van der Waals surface area (Å²) in [6, 6.07) is 63.1. The van der Waals surface area contributed by atoms with Crippen molar-refractivity contribution in [2.45, 2.75) is 50.1 Å². The molecule has 0 radical (unpaired) electrons. The average Bonchev–Trinajstić information content (AvgIpc) is 3.21. The molecule has 1 heterocycles. The van der Waals surface area contributed by atoms with Crippen molar-refractivity contribution in [3.63, 3.8) is 0 Å². The van der Waals surface area contributed by atoms with E-state index in [4.69, 9.17) is 23.7 Å². The first kappa shape index (κ1) is 34.8. The lowest BCUT2D eigenvalue weighted by Gasteiger charge is -2.52. The van der Waals surface area contributed by atoms with Gasteiger partial charge in [-0.15, -0.1) is 0 Å². The first-order valence-corrected chi connectivity index (χ1v) is 19.7. The summed E-state index contributed by atoms with van der Waals surface area (Å²) in [5.41, 5.74) is 2.71. The maximum Gasteiger partial charge on any atom is 0.186 e. The Bertz CT molecular complexity index is 1780. The molecule has 6 aromatic rings. The molecular weight excluding hydrogens is 649 g/mol. The predicted octanol–water partition coefficient (Wildman–Crippen LogP) is 6.82. The van der Waals surface area contributed by atoms with Crippen molar-refractivity contribution in [1.82, 2.24) is 0 Å². The predicted molar refractivity (Wildman–Crippen MR) is 205 cm³/mol. The fourth-order valence-electron chi connectivity index (χ4n) is 7.29. The molecule has 5 atom stereocenters. The van der Waals surface area contributed by atoms with Crippen molar-refractivity contribution in [2.75, 3.05) is 7.11 Å². The second-order valence-electron chi connectivity index (χ2n) is 12.9. The Kier molecular flexibility index (Phi) is 11.6. The molecule has 1 saturated heterocycles. The van der Waals surface area contributed by atoms with Gasteiger partial charge in [-0.1, -0.05) is 182 Å². The summed E-state index contributed by atoms with van der Waals surface area (Å²) in [5.74, 6) is 0. The molecule has 51 heavy (non-hydrogen) atoms. The fraction of sp³-hybridized carbons (Fsp3) is 0.200. The van der Waals surface area contributed by atoms with Crippen LogP contribution in [0.25, 0.3) is 0 Å². The first-order chi connectivity index (χ1) is 25.3. The van der Waals surface area contributed by atoms with Crippen molar-refractivity contribution in [2.24, 2.45) is 0 Å². The molecule has 0 N–H and O–H groups in total. The third-order valence-corrected chi connectivity index (χ3v) is 14.7. The highest BCUT2D eigenvalue weighted by molar-refractivity contribution is 7.12. The van der Waals surface area contributed by atoms with Crippen LogP contribution in [0.4, 0.5) is 0 Å². The van der Waals surface area contributed by atoms with E-state index in [1.807, 2.05) is 54.6 Å². The minimum absolute atomic E-state index is 0.370. The van der Waals surface area contributed by atoms with E-state index in [-0.39, 0.29) is 0 Å². The van der Waals surface area contributed by atoms with E-state index >= 15 is 0 Å². The lowest BCUT2D eigenvalue weighted by atomic mass is 10.0. The van der Waals surface area contributed by atoms with E-state index in [1.54, 1.807) is 7.11 Å². The molecule has 6 aromatic carbocycles. The van der Waals surface area contributed by atoms with Gasteiger partial charge in [-0.2, -0.15) is 0 Å². The van der Waals surface area contributed by atoms with Crippen molar-refractivity contribution < 1.29 is 23.7 Å². The Morgan fingerprint density at radius 3 is 1.08 bits per heavy atom. The molecule has 0 aromatic heterocycles. The Morgan fingerprint density at radius 2 is 0.725 bits per heavy atom. The van der Waals surface area contributed by atoms with E-state index in [0.29, 0.717) is 19.8 Å². The van der Waals surface area contributed by atoms with Crippen LogP contribution in [0.5, 0.6) is 0 Å². The Morgan fingerprint density at radius 1 is 0.412 bits per heavy atom. The van der Waals surface area contributed by atoms with Gasteiger partial charge in [0.2, 0.25) is 0 Å². The maximum atomic E-state index is 7.36. The first-order valence-electron chi connectivity index (χ1n) is 17.6. The molecule has 258 valence electrons. The van der Waals surface area contributed by atoms with Crippen LogP contribution in [0.2, 0.25) is 0 Å². The van der Waals surface area contributed by atoms with Gasteiger partial charge >= 0.3 is 0 Å². The van der Waals surface area contributed by atoms with Crippen molar-refractivity contribution >= 4 is 23.6 Å². The summed E-state index contributed by atoms with van der Waals surface area (Å²) in [6.45, 7) is 1.12. The van der Waals surface area contributed by atoms with Gasteiger partial charge in [0.15, 0.2) is 14.4 Å². The number of rotatable bonds is 14. The fourth-order valence-corrected chi connectivity index (χ4v) is 12.6. The lowest BCUT2D eigenvalue weighted by molar-refractivity contribution is -0.304. The number of hydrogen-bond acceptors (Lipinski definition) is 5. The molecular formula is C45H44O5Si. The molecule has 1 aliphatic heterocycles. The zero-order chi connectivity index (χ0) is 34.7. The standard InChI is InChI=1S/C45H44O5Si/c1-46-44-42(48-33-36-22-10-3-11-23-36)41(47-32-35-20-8-2-9-21-35)43(49-34-37-24-12-4-13-25-37)45(50-44)51(38-26-14-5-15-27-38,39-28-16-6-17-29-39)40-30-18-7-19-31-40/h2-31,41-45H,32-34H2,1H3/t41-,42-,43+,44+,45-/m1/s1. The van der Waals surface area contributed by atoms with Crippen LogP contribution in [0.15, 0.2) is 182 Å². The zero-order valence-electron chi connectivity index (χ0n) is 28.9. The summed E-state index contributed by atoms with van der Waals surface area (Å²) < 4.78 is 34.6. The highest BCUT2D eigenvalue weighted by atomic mass is 28.3. The summed E-state index contributed by atoms with van der Waals surface area (Å²) >= 11 is 0. The average molecular weight is 693 g/mol. The van der Waals surface area contributed by atoms with Crippen LogP contribution in [0.3, 0.4) is 0 Å². The lowest BCUT2D eigenvalue weighted by Crippen LogP contribution is -2.81. The van der Waals surface area contributed by atoms with Gasteiger partial charge in [0.1, 0.15) is 18.3 Å². The minimum Gasteiger partial charge on any atom is -0.368 e. The van der Waals surface area contributed by atoms with Crippen molar-refractivity contribution in [1.29, 1.82) is 0 Å². The normalized spacial score (nSPS) is 20.5. The largest absolute Gasteiger partial charge is 0.368 e. The SMILES string of the molecule is CO[C@H]1O[C@H]([Si](c2ccccc2)(c2ccccc2)c2ccccc2)[C@@H](OCc2ccccc2)[C@H](OCc2ccccc2)[C@H]1OCc1ccccc1. The molecule has 5 nitrogen and oxygen atoms in total. The molecule has 7 rings (SSSR count). The quantitative estimate of drug-likeness (QED) is 0.0927. The van der Waals surface area contributed by atoms with Gasteiger partial charge in [-0.05, 0) is 32.3 Å².